The van der Waals surface area contributed by atoms with E-state index in [1.807, 2.05) is 13.0 Å². The molecule has 0 aliphatic carbocycles. The van der Waals surface area contributed by atoms with Gasteiger partial charge < -0.3 is 0 Å². The van der Waals surface area contributed by atoms with Gasteiger partial charge in [0, 0.05) is 16.7 Å². The largest absolute Gasteiger partial charge is 0.101 e. The summed E-state index contributed by atoms with van der Waals surface area (Å²) in [6.07, 6.45) is 0. The highest BCUT2D eigenvalue weighted by Crippen LogP contribution is 2.12. The normalized spacial score (nSPS) is 9.20. The quantitative estimate of drug-likeness (QED) is 0.615. The van der Waals surface area contributed by atoms with Gasteiger partial charge in [0.15, 0.2) is 0 Å². The molecule has 98 valence electrons. The fourth-order valence-electron chi connectivity index (χ4n) is 2.09. The van der Waals surface area contributed by atoms with Gasteiger partial charge in [0.2, 0.25) is 0 Å². The minimum absolute atomic E-state index is 0.991. The molecule has 20 heavy (non-hydrogen) atoms. The zero-order valence-corrected chi connectivity index (χ0v) is 12.5. The fourth-order valence-corrected chi connectivity index (χ4v) is 2.09. The lowest BCUT2D eigenvalue weighted by atomic mass is 10.0. The van der Waals surface area contributed by atoms with E-state index in [-0.39, 0.29) is 0 Å². The highest BCUT2D eigenvalue weighted by molar-refractivity contribution is 5.54. The van der Waals surface area contributed by atoms with Crippen LogP contribution in [0.2, 0.25) is 0 Å². The van der Waals surface area contributed by atoms with Crippen LogP contribution in [0.25, 0.3) is 0 Å². The Morgan fingerprint density at radius 3 is 1.90 bits per heavy atom. The van der Waals surface area contributed by atoms with Crippen molar-refractivity contribution in [1.82, 2.24) is 0 Å². The molecule has 0 bridgehead atoms. The summed E-state index contributed by atoms with van der Waals surface area (Å²) in [5, 5.41) is 0. The van der Waals surface area contributed by atoms with Gasteiger partial charge in [-0.1, -0.05) is 41.5 Å². The summed E-state index contributed by atoms with van der Waals surface area (Å²) in [6, 6.07) is 12.5. The third-order valence-corrected chi connectivity index (χ3v) is 3.15. The van der Waals surface area contributed by atoms with E-state index in [9.17, 15) is 0 Å². The lowest BCUT2D eigenvalue weighted by Crippen LogP contribution is -1.87. The molecule has 0 aliphatic heterocycles. The highest BCUT2D eigenvalue weighted by Gasteiger charge is 1.98. The van der Waals surface area contributed by atoms with Gasteiger partial charge in [0.05, 0.1) is 0 Å². The molecule has 2 aromatic carbocycles. The second kappa shape index (κ2) is 6.14. The maximum atomic E-state index is 3.26. The van der Waals surface area contributed by atoms with Crippen molar-refractivity contribution in [2.24, 2.45) is 0 Å². The average Bonchev–Trinajstić information content (AvgIpc) is 2.40. The Morgan fingerprint density at radius 1 is 0.650 bits per heavy atom. The van der Waals surface area contributed by atoms with Gasteiger partial charge in [0.25, 0.3) is 0 Å². The Kier molecular flexibility index (Phi) is 4.29. The van der Waals surface area contributed by atoms with Crippen molar-refractivity contribution < 1.29 is 0 Å². The number of aryl methyl sites for hydroxylation is 3. The van der Waals surface area contributed by atoms with Crippen LogP contribution in [0, 0.1) is 44.5 Å². The van der Waals surface area contributed by atoms with Crippen LogP contribution in [-0.2, 0) is 0 Å². The first kappa shape index (κ1) is 14.0. The third kappa shape index (κ3) is 3.31. The summed E-state index contributed by atoms with van der Waals surface area (Å²) in [5.74, 6) is 12.6. The molecule has 2 aromatic rings. The molecule has 0 aliphatic rings. The predicted molar refractivity (Wildman–Crippen MR) is 85.6 cm³/mol. The number of rotatable bonds is 0. The topological polar surface area (TPSA) is 0 Å². The lowest BCUT2D eigenvalue weighted by molar-refractivity contribution is 1.36. The monoisotopic (exact) mass is 258 g/mol. The SMILES string of the molecule is CC#Cc1cc(C)ccc1C#Cc1ccc(C)cc1C. The highest BCUT2D eigenvalue weighted by atomic mass is 14.0. The van der Waals surface area contributed by atoms with Crippen molar-refractivity contribution in [3.05, 3.63) is 69.8 Å². The van der Waals surface area contributed by atoms with Crippen molar-refractivity contribution >= 4 is 0 Å². The Bertz CT molecular complexity index is 756. The molecule has 0 fully saturated rings. The first-order chi connectivity index (χ1) is 9.60. The van der Waals surface area contributed by atoms with Gasteiger partial charge in [-0.15, -0.1) is 5.92 Å². The Morgan fingerprint density at radius 2 is 1.25 bits per heavy atom. The second-order valence-electron chi connectivity index (χ2n) is 4.99. The minimum Gasteiger partial charge on any atom is -0.101 e. The summed E-state index contributed by atoms with van der Waals surface area (Å²) in [6.45, 7) is 8.11. The van der Waals surface area contributed by atoms with Crippen molar-refractivity contribution in [1.29, 1.82) is 0 Å². The van der Waals surface area contributed by atoms with Crippen molar-refractivity contribution in [2.75, 3.05) is 0 Å². The van der Waals surface area contributed by atoms with Crippen LogP contribution in [0.5, 0.6) is 0 Å². The number of benzene rings is 2. The van der Waals surface area contributed by atoms with E-state index in [2.05, 4.69) is 74.8 Å². The van der Waals surface area contributed by atoms with Gasteiger partial charge >= 0.3 is 0 Å². The Hall–Kier alpha value is -2.44. The molecule has 0 spiro atoms. The molecule has 0 atom stereocenters. The summed E-state index contributed by atoms with van der Waals surface area (Å²) >= 11 is 0. The van der Waals surface area contributed by atoms with Gasteiger partial charge in [-0.2, -0.15) is 0 Å². The van der Waals surface area contributed by atoms with Crippen LogP contribution in [0.4, 0.5) is 0 Å². The summed E-state index contributed by atoms with van der Waals surface area (Å²) in [4.78, 5) is 0. The summed E-state index contributed by atoms with van der Waals surface area (Å²) < 4.78 is 0. The van der Waals surface area contributed by atoms with Gasteiger partial charge in [-0.05, 0) is 57.0 Å². The molecule has 0 saturated carbocycles. The maximum absolute atomic E-state index is 3.26. The molecular formula is C20H18. The minimum atomic E-state index is 0.991. The van der Waals surface area contributed by atoms with E-state index >= 15 is 0 Å². The Balaban J connectivity index is 2.44. The van der Waals surface area contributed by atoms with E-state index in [0.29, 0.717) is 0 Å². The third-order valence-electron chi connectivity index (χ3n) is 3.15. The van der Waals surface area contributed by atoms with Crippen LogP contribution in [0.3, 0.4) is 0 Å². The van der Waals surface area contributed by atoms with Crippen LogP contribution >= 0.6 is 0 Å². The molecule has 0 nitrogen and oxygen atoms in total. The molecular weight excluding hydrogens is 240 g/mol. The van der Waals surface area contributed by atoms with Crippen molar-refractivity contribution in [2.45, 2.75) is 27.7 Å². The molecule has 0 amide bonds. The van der Waals surface area contributed by atoms with E-state index < -0.39 is 0 Å². The molecule has 0 unspecified atom stereocenters. The van der Waals surface area contributed by atoms with E-state index in [0.717, 1.165) is 16.7 Å². The van der Waals surface area contributed by atoms with Crippen molar-refractivity contribution in [3.8, 4) is 23.7 Å². The first-order valence-corrected chi connectivity index (χ1v) is 6.73. The molecule has 0 heterocycles. The smallest absolute Gasteiger partial charge is 0.0405 e. The molecule has 0 heteroatoms. The number of hydrogen-bond acceptors (Lipinski definition) is 0. The predicted octanol–water partition coefficient (Wildman–Crippen LogP) is 4.38. The number of hydrogen-bond donors (Lipinski definition) is 0. The van der Waals surface area contributed by atoms with Gasteiger partial charge in [0.1, 0.15) is 0 Å². The average molecular weight is 258 g/mol. The maximum Gasteiger partial charge on any atom is 0.0405 e. The zero-order valence-electron chi connectivity index (χ0n) is 12.5. The van der Waals surface area contributed by atoms with E-state index in [4.69, 9.17) is 0 Å². The van der Waals surface area contributed by atoms with Crippen molar-refractivity contribution in [3.63, 3.8) is 0 Å². The molecule has 0 aromatic heterocycles. The zero-order chi connectivity index (χ0) is 14.5. The molecule has 0 radical (unpaired) electrons. The van der Waals surface area contributed by atoms with Gasteiger partial charge in [-0.25, -0.2) is 0 Å². The first-order valence-electron chi connectivity index (χ1n) is 6.73. The standard InChI is InChI=1S/C20H18/c1-5-6-20-14-16(3)8-10-19(20)12-11-18-9-7-15(2)13-17(18)4/h7-10,13-14H,1-4H3. The lowest BCUT2D eigenvalue weighted by Gasteiger charge is -2.00. The van der Waals surface area contributed by atoms with Gasteiger partial charge in [-0.3, -0.25) is 0 Å². The Labute approximate surface area is 121 Å². The van der Waals surface area contributed by atoms with Crippen LogP contribution < -0.4 is 0 Å². The molecule has 0 N–H and O–H groups in total. The van der Waals surface area contributed by atoms with E-state index in [1.165, 1.54) is 16.7 Å². The second-order valence-corrected chi connectivity index (χ2v) is 4.99. The van der Waals surface area contributed by atoms with Crippen LogP contribution in [-0.4, -0.2) is 0 Å². The summed E-state index contributed by atoms with van der Waals surface area (Å²) in [5.41, 5.74) is 6.76. The van der Waals surface area contributed by atoms with Crippen LogP contribution in [0.15, 0.2) is 36.4 Å². The summed E-state index contributed by atoms with van der Waals surface area (Å²) in [7, 11) is 0. The molecule has 2 rings (SSSR count). The van der Waals surface area contributed by atoms with E-state index in [1.54, 1.807) is 0 Å². The fraction of sp³-hybridized carbons (Fsp3) is 0.200. The molecule has 0 saturated heterocycles. The van der Waals surface area contributed by atoms with Crippen LogP contribution in [0.1, 0.15) is 40.3 Å².